The second-order valence-electron chi connectivity index (χ2n) is 7.96. The Morgan fingerprint density at radius 3 is 2.43 bits per heavy atom. The van der Waals surface area contributed by atoms with Crippen LogP contribution in [-0.2, 0) is 11.3 Å². The summed E-state index contributed by atoms with van der Waals surface area (Å²) in [5, 5.41) is 7.85. The Labute approximate surface area is 189 Å². The number of nitrogens with zero attached hydrogens (tertiary/aromatic N) is 3. The van der Waals surface area contributed by atoms with Gasteiger partial charge in [-0.3, -0.25) is 4.99 Å². The molecule has 1 aliphatic rings. The Morgan fingerprint density at radius 2 is 1.93 bits per heavy atom. The van der Waals surface area contributed by atoms with Gasteiger partial charge in [-0.1, -0.05) is 0 Å². The van der Waals surface area contributed by atoms with Crippen molar-refractivity contribution in [2.45, 2.75) is 59.6 Å². The SMILES string of the molecule is CN=C(NCc1sc(C)nc1C)NCC1CCN(C(=O)OC(C)(C)C)CC1.I. The van der Waals surface area contributed by atoms with Crippen molar-refractivity contribution < 1.29 is 9.53 Å². The molecule has 0 saturated carbocycles. The van der Waals surface area contributed by atoms with Crippen LogP contribution in [0.5, 0.6) is 0 Å². The first-order valence-corrected chi connectivity index (χ1v) is 10.3. The lowest BCUT2D eigenvalue weighted by molar-refractivity contribution is 0.0185. The van der Waals surface area contributed by atoms with E-state index in [-0.39, 0.29) is 30.1 Å². The maximum atomic E-state index is 12.1. The number of likely N-dealkylation sites (tertiary alicyclic amines) is 1. The number of rotatable bonds is 4. The fourth-order valence-electron chi connectivity index (χ4n) is 3.01. The van der Waals surface area contributed by atoms with Crippen molar-refractivity contribution in [3.05, 3.63) is 15.6 Å². The molecule has 160 valence electrons. The molecule has 2 N–H and O–H groups in total. The van der Waals surface area contributed by atoms with Gasteiger partial charge in [0.2, 0.25) is 0 Å². The highest BCUT2D eigenvalue weighted by atomic mass is 127. The summed E-state index contributed by atoms with van der Waals surface area (Å²) in [6.07, 6.45) is 1.73. The van der Waals surface area contributed by atoms with E-state index in [1.165, 1.54) is 4.88 Å². The molecule has 9 heteroatoms. The van der Waals surface area contributed by atoms with Crippen LogP contribution in [0.2, 0.25) is 0 Å². The van der Waals surface area contributed by atoms with Crippen molar-refractivity contribution >= 4 is 47.4 Å². The van der Waals surface area contributed by atoms with E-state index in [1.54, 1.807) is 18.4 Å². The third-order valence-electron chi connectivity index (χ3n) is 4.46. The maximum Gasteiger partial charge on any atom is 0.410 e. The topological polar surface area (TPSA) is 78.9 Å². The molecule has 2 rings (SSSR count). The first-order chi connectivity index (χ1) is 12.7. The van der Waals surface area contributed by atoms with E-state index in [0.29, 0.717) is 5.92 Å². The Bertz CT molecular complexity index is 664. The van der Waals surface area contributed by atoms with Gasteiger partial charge in [0.15, 0.2) is 5.96 Å². The summed E-state index contributed by atoms with van der Waals surface area (Å²) >= 11 is 1.71. The van der Waals surface area contributed by atoms with Crippen LogP contribution >= 0.6 is 35.3 Å². The zero-order valence-corrected chi connectivity index (χ0v) is 20.9. The second-order valence-corrected chi connectivity index (χ2v) is 9.25. The molecule has 1 aromatic rings. The summed E-state index contributed by atoms with van der Waals surface area (Å²) in [5.74, 6) is 1.32. The highest BCUT2D eigenvalue weighted by molar-refractivity contribution is 14.0. The molecule has 2 heterocycles. The van der Waals surface area contributed by atoms with Crippen LogP contribution < -0.4 is 10.6 Å². The number of hydrogen-bond acceptors (Lipinski definition) is 5. The number of halogens is 1. The zero-order chi connectivity index (χ0) is 20.0. The van der Waals surface area contributed by atoms with Gasteiger partial charge in [-0.25, -0.2) is 9.78 Å². The van der Waals surface area contributed by atoms with Gasteiger partial charge in [0.05, 0.1) is 17.2 Å². The number of ether oxygens (including phenoxy) is 1. The lowest BCUT2D eigenvalue weighted by atomic mass is 9.97. The maximum absolute atomic E-state index is 12.1. The van der Waals surface area contributed by atoms with Crippen LogP contribution in [0.4, 0.5) is 4.79 Å². The number of hydrogen-bond donors (Lipinski definition) is 2. The van der Waals surface area contributed by atoms with Gasteiger partial charge in [-0.2, -0.15) is 0 Å². The van der Waals surface area contributed by atoms with Crippen LogP contribution in [0.1, 0.15) is 49.2 Å². The van der Waals surface area contributed by atoms with Crippen LogP contribution in [0, 0.1) is 19.8 Å². The number of thiazole rings is 1. The molecule has 1 fully saturated rings. The molecule has 0 aromatic carbocycles. The molecule has 0 atom stereocenters. The highest BCUT2D eigenvalue weighted by Gasteiger charge is 2.26. The number of aromatic nitrogens is 1. The van der Waals surface area contributed by atoms with Gasteiger partial charge in [-0.05, 0) is 53.4 Å². The van der Waals surface area contributed by atoms with Crippen LogP contribution in [0.25, 0.3) is 0 Å². The van der Waals surface area contributed by atoms with E-state index in [1.807, 2.05) is 39.5 Å². The molecule has 0 unspecified atom stereocenters. The summed E-state index contributed by atoms with van der Waals surface area (Å²) in [6, 6.07) is 0. The fourth-order valence-corrected chi connectivity index (χ4v) is 3.89. The summed E-state index contributed by atoms with van der Waals surface area (Å²) < 4.78 is 5.45. The lowest BCUT2D eigenvalue weighted by Gasteiger charge is -2.33. The van der Waals surface area contributed by atoms with Gasteiger partial charge in [-0.15, -0.1) is 35.3 Å². The quantitative estimate of drug-likeness (QED) is 0.358. The van der Waals surface area contributed by atoms with Gasteiger partial charge in [0.25, 0.3) is 0 Å². The average Bonchev–Trinajstić information content (AvgIpc) is 2.91. The largest absolute Gasteiger partial charge is 0.444 e. The summed E-state index contributed by atoms with van der Waals surface area (Å²) in [6.45, 7) is 12.8. The van der Waals surface area contributed by atoms with Crippen molar-refractivity contribution in [3.8, 4) is 0 Å². The summed E-state index contributed by atoms with van der Waals surface area (Å²) in [5.41, 5.74) is 0.637. The molecule has 0 radical (unpaired) electrons. The normalized spacial score (nSPS) is 15.8. The zero-order valence-electron chi connectivity index (χ0n) is 17.8. The number of carbonyl (C=O) groups is 1. The highest BCUT2D eigenvalue weighted by Crippen LogP contribution is 2.19. The van der Waals surface area contributed by atoms with E-state index in [0.717, 1.165) is 55.7 Å². The van der Waals surface area contributed by atoms with Crippen LogP contribution in [-0.4, -0.2) is 54.2 Å². The van der Waals surface area contributed by atoms with Crippen molar-refractivity contribution in [1.29, 1.82) is 0 Å². The van der Waals surface area contributed by atoms with Crippen LogP contribution in [0.15, 0.2) is 4.99 Å². The number of aliphatic imine (C=N–C) groups is 1. The molecular weight excluding hydrogens is 489 g/mol. The Kier molecular flexibility index (Phi) is 9.96. The monoisotopic (exact) mass is 523 g/mol. The number of amides is 1. The Balaban J connectivity index is 0.00000392. The van der Waals surface area contributed by atoms with E-state index in [2.05, 4.69) is 20.6 Å². The fraction of sp³-hybridized carbons (Fsp3) is 0.737. The van der Waals surface area contributed by atoms with E-state index < -0.39 is 5.60 Å². The van der Waals surface area contributed by atoms with E-state index in [4.69, 9.17) is 4.74 Å². The first-order valence-electron chi connectivity index (χ1n) is 9.53. The summed E-state index contributed by atoms with van der Waals surface area (Å²) in [4.78, 5) is 23.9. The minimum atomic E-state index is -0.442. The molecule has 0 bridgehead atoms. The van der Waals surface area contributed by atoms with Crippen molar-refractivity contribution in [2.24, 2.45) is 10.9 Å². The number of piperidine rings is 1. The van der Waals surface area contributed by atoms with Crippen molar-refractivity contribution in [3.63, 3.8) is 0 Å². The predicted octanol–water partition coefficient (Wildman–Crippen LogP) is 3.69. The average molecular weight is 523 g/mol. The molecule has 7 nitrogen and oxygen atoms in total. The third-order valence-corrected chi connectivity index (χ3v) is 5.54. The van der Waals surface area contributed by atoms with E-state index >= 15 is 0 Å². The Hall–Kier alpha value is -1.10. The number of carbonyl (C=O) groups excluding carboxylic acids is 1. The molecule has 1 aliphatic heterocycles. The smallest absolute Gasteiger partial charge is 0.410 e. The van der Waals surface area contributed by atoms with E-state index in [9.17, 15) is 4.79 Å². The van der Waals surface area contributed by atoms with Gasteiger partial charge in [0, 0.05) is 31.6 Å². The van der Waals surface area contributed by atoms with Crippen LogP contribution in [0.3, 0.4) is 0 Å². The molecule has 1 aromatic heterocycles. The second kappa shape index (κ2) is 11.2. The molecule has 28 heavy (non-hydrogen) atoms. The minimum Gasteiger partial charge on any atom is -0.444 e. The molecule has 1 amide bonds. The molecule has 0 aliphatic carbocycles. The third kappa shape index (κ3) is 8.10. The van der Waals surface area contributed by atoms with Crippen molar-refractivity contribution in [1.82, 2.24) is 20.5 Å². The standard InChI is InChI=1S/C19H33N5O2S.HI/c1-13-16(27-14(2)23-13)12-22-17(20-6)21-11-15-7-9-24(10-8-15)18(25)26-19(3,4)5;/h15H,7-12H2,1-6H3,(H2,20,21,22);1H. The number of nitrogens with one attached hydrogen (secondary N) is 2. The van der Waals surface area contributed by atoms with Gasteiger partial charge in [0.1, 0.15) is 5.60 Å². The number of guanidine groups is 1. The minimum absolute atomic E-state index is 0. The summed E-state index contributed by atoms with van der Waals surface area (Å²) in [7, 11) is 1.78. The molecule has 1 saturated heterocycles. The Morgan fingerprint density at radius 1 is 1.29 bits per heavy atom. The predicted molar refractivity (Wildman–Crippen MR) is 126 cm³/mol. The lowest BCUT2D eigenvalue weighted by Crippen LogP contribution is -2.45. The van der Waals surface area contributed by atoms with Crippen molar-refractivity contribution in [2.75, 3.05) is 26.7 Å². The van der Waals surface area contributed by atoms with Gasteiger partial charge < -0.3 is 20.3 Å². The number of aryl methyl sites for hydroxylation is 2. The molecule has 0 spiro atoms. The first kappa shape index (κ1) is 24.9. The van der Waals surface area contributed by atoms with Gasteiger partial charge >= 0.3 is 6.09 Å². The molecular formula is C19H34IN5O2S.